The van der Waals surface area contributed by atoms with Crippen molar-refractivity contribution in [1.82, 2.24) is 4.98 Å². The lowest BCUT2D eigenvalue weighted by Gasteiger charge is -2.13. The molecule has 0 aliphatic carbocycles. The number of anilines is 2. The van der Waals surface area contributed by atoms with E-state index in [1.165, 1.54) is 6.07 Å². The molecular weight excluding hydrogens is 383 g/mol. The van der Waals surface area contributed by atoms with Gasteiger partial charge >= 0.3 is 0 Å². The standard InChI is InChI=1S/C24H19FN2OS/c1-15-11-18(28-2)8-10-19(15)24(29)21-9-7-17(12-22(21)25)27-23-14-26-13-16-5-3-4-6-20(16)23/h3-14,27H,1-2H3. The van der Waals surface area contributed by atoms with Gasteiger partial charge in [0, 0.05) is 28.2 Å². The predicted octanol–water partition coefficient (Wildman–Crippen LogP) is 6.20. The van der Waals surface area contributed by atoms with Crippen LogP contribution in [-0.2, 0) is 0 Å². The van der Waals surface area contributed by atoms with Gasteiger partial charge in [0.2, 0.25) is 0 Å². The van der Waals surface area contributed by atoms with Gasteiger partial charge in [0.15, 0.2) is 0 Å². The number of halogens is 1. The Morgan fingerprint density at radius 3 is 2.55 bits per heavy atom. The number of ether oxygens (including phenoxy) is 1. The first kappa shape index (κ1) is 19.0. The van der Waals surface area contributed by atoms with E-state index in [1.807, 2.05) is 55.5 Å². The number of aryl methyl sites for hydroxylation is 1. The minimum absolute atomic E-state index is 0.372. The average Bonchev–Trinajstić information content (AvgIpc) is 2.73. The van der Waals surface area contributed by atoms with Gasteiger partial charge in [-0.25, -0.2) is 4.39 Å². The van der Waals surface area contributed by atoms with E-state index in [2.05, 4.69) is 10.3 Å². The number of aromatic nitrogens is 1. The highest BCUT2D eigenvalue weighted by molar-refractivity contribution is 7.81. The van der Waals surface area contributed by atoms with E-state index in [0.717, 1.165) is 33.3 Å². The van der Waals surface area contributed by atoms with Gasteiger partial charge in [-0.2, -0.15) is 0 Å². The number of rotatable bonds is 5. The van der Waals surface area contributed by atoms with Crippen molar-refractivity contribution in [2.45, 2.75) is 6.92 Å². The summed E-state index contributed by atoms with van der Waals surface area (Å²) in [6.45, 7) is 1.94. The molecule has 0 aliphatic rings. The van der Waals surface area contributed by atoms with Crippen LogP contribution in [0, 0.1) is 12.7 Å². The number of thiocarbonyl (C=S) groups is 1. The van der Waals surface area contributed by atoms with Crippen LogP contribution < -0.4 is 10.1 Å². The van der Waals surface area contributed by atoms with Gasteiger partial charge in [-0.15, -0.1) is 0 Å². The molecule has 4 aromatic rings. The summed E-state index contributed by atoms with van der Waals surface area (Å²) < 4.78 is 20.1. The second-order valence-electron chi connectivity index (χ2n) is 6.74. The van der Waals surface area contributed by atoms with E-state index in [9.17, 15) is 4.39 Å². The van der Waals surface area contributed by atoms with Crippen molar-refractivity contribution in [1.29, 1.82) is 0 Å². The van der Waals surface area contributed by atoms with Gasteiger partial charge in [-0.05, 0) is 54.4 Å². The Morgan fingerprint density at radius 1 is 1.00 bits per heavy atom. The van der Waals surface area contributed by atoms with Crippen LogP contribution in [0.25, 0.3) is 10.8 Å². The van der Waals surface area contributed by atoms with E-state index < -0.39 is 0 Å². The van der Waals surface area contributed by atoms with Crippen molar-refractivity contribution in [2.24, 2.45) is 0 Å². The highest BCUT2D eigenvalue weighted by Crippen LogP contribution is 2.27. The van der Waals surface area contributed by atoms with Crippen molar-refractivity contribution in [3.8, 4) is 5.75 Å². The number of benzene rings is 3. The Labute approximate surface area is 174 Å². The summed E-state index contributed by atoms with van der Waals surface area (Å²) in [5.41, 5.74) is 3.62. The quantitative estimate of drug-likeness (QED) is 0.318. The SMILES string of the molecule is COc1ccc(C(=S)c2ccc(Nc3cncc4ccccc34)cc2F)c(C)c1. The van der Waals surface area contributed by atoms with E-state index in [0.29, 0.717) is 16.1 Å². The third kappa shape index (κ3) is 3.82. The molecule has 1 heterocycles. The molecule has 0 bridgehead atoms. The third-order valence-electron chi connectivity index (χ3n) is 4.84. The molecule has 0 saturated carbocycles. The monoisotopic (exact) mass is 402 g/mol. The molecule has 1 N–H and O–H groups in total. The van der Waals surface area contributed by atoms with E-state index in [4.69, 9.17) is 17.0 Å². The fourth-order valence-corrected chi connectivity index (χ4v) is 3.71. The Hall–Kier alpha value is -3.31. The highest BCUT2D eigenvalue weighted by Gasteiger charge is 2.14. The van der Waals surface area contributed by atoms with Crippen LogP contribution >= 0.6 is 12.2 Å². The Balaban J connectivity index is 1.63. The van der Waals surface area contributed by atoms with Gasteiger partial charge in [0.05, 0.1) is 23.9 Å². The van der Waals surface area contributed by atoms with Gasteiger partial charge in [-0.1, -0.05) is 36.5 Å². The molecule has 5 heteroatoms. The van der Waals surface area contributed by atoms with E-state index in [-0.39, 0.29) is 5.82 Å². The second kappa shape index (κ2) is 7.97. The number of hydrogen-bond acceptors (Lipinski definition) is 4. The molecule has 4 rings (SSSR count). The molecule has 0 atom stereocenters. The lowest BCUT2D eigenvalue weighted by atomic mass is 9.99. The zero-order chi connectivity index (χ0) is 20.4. The number of nitrogens with zero attached hydrogens (tertiary/aromatic N) is 1. The number of pyridine rings is 1. The average molecular weight is 402 g/mol. The summed E-state index contributed by atoms with van der Waals surface area (Å²) in [5, 5.41) is 5.30. The van der Waals surface area contributed by atoms with Crippen molar-refractivity contribution >= 4 is 39.2 Å². The molecule has 144 valence electrons. The molecule has 0 saturated heterocycles. The van der Waals surface area contributed by atoms with Gasteiger partial charge in [0.25, 0.3) is 0 Å². The second-order valence-corrected chi connectivity index (χ2v) is 7.15. The number of nitrogens with one attached hydrogen (secondary N) is 1. The molecule has 0 fully saturated rings. The first-order valence-electron chi connectivity index (χ1n) is 9.15. The number of methoxy groups -OCH3 is 1. The fourth-order valence-electron chi connectivity index (χ4n) is 3.31. The van der Waals surface area contributed by atoms with Crippen molar-refractivity contribution in [2.75, 3.05) is 12.4 Å². The van der Waals surface area contributed by atoms with Crippen LogP contribution in [0.15, 0.2) is 73.1 Å². The summed E-state index contributed by atoms with van der Waals surface area (Å²) in [6.07, 6.45) is 3.54. The summed E-state index contributed by atoms with van der Waals surface area (Å²) >= 11 is 5.57. The Kier molecular flexibility index (Phi) is 5.23. The van der Waals surface area contributed by atoms with Crippen LogP contribution in [-0.4, -0.2) is 17.0 Å². The molecule has 1 aromatic heterocycles. The minimum Gasteiger partial charge on any atom is -0.497 e. The molecule has 3 nitrogen and oxygen atoms in total. The molecule has 3 aromatic carbocycles. The topological polar surface area (TPSA) is 34.1 Å². The third-order valence-corrected chi connectivity index (χ3v) is 5.28. The summed E-state index contributed by atoms with van der Waals surface area (Å²) in [6, 6.07) is 18.5. The smallest absolute Gasteiger partial charge is 0.133 e. The fraction of sp³-hybridized carbons (Fsp3) is 0.0833. The predicted molar refractivity (Wildman–Crippen MR) is 120 cm³/mol. The summed E-state index contributed by atoms with van der Waals surface area (Å²) in [4.78, 5) is 4.73. The Bertz CT molecular complexity index is 1220. The van der Waals surface area contributed by atoms with Crippen LogP contribution in [0.1, 0.15) is 16.7 Å². The highest BCUT2D eigenvalue weighted by atomic mass is 32.1. The number of hydrogen-bond donors (Lipinski definition) is 1. The lowest BCUT2D eigenvalue weighted by molar-refractivity contribution is 0.414. The molecule has 0 spiro atoms. The van der Waals surface area contributed by atoms with Crippen molar-refractivity contribution in [3.05, 3.63) is 95.6 Å². The van der Waals surface area contributed by atoms with E-state index >= 15 is 0 Å². The van der Waals surface area contributed by atoms with Crippen molar-refractivity contribution in [3.63, 3.8) is 0 Å². The van der Waals surface area contributed by atoms with Crippen LogP contribution in [0.5, 0.6) is 5.75 Å². The van der Waals surface area contributed by atoms with Crippen LogP contribution in [0.4, 0.5) is 15.8 Å². The Morgan fingerprint density at radius 2 is 1.79 bits per heavy atom. The molecule has 0 amide bonds. The van der Waals surface area contributed by atoms with Gasteiger partial charge in [-0.3, -0.25) is 4.98 Å². The molecule has 0 aliphatic heterocycles. The maximum Gasteiger partial charge on any atom is 0.133 e. The normalized spacial score (nSPS) is 10.7. The number of fused-ring (bicyclic) bond motifs is 1. The summed E-state index contributed by atoms with van der Waals surface area (Å²) in [7, 11) is 1.61. The largest absolute Gasteiger partial charge is 0.497 e. The van der Waals surface area contributed by atoms with Gasteiger partial charge in [0.1, 0.15) is 11.6 Å². The zero-order valence-electron chi connectivity index (χ0n) is 16.1. The maximum absolute atomic E-state index is 14.9. The molecule has 0 radical (unpaired) electrons. The lowest BCUT2D eigenvalue weighted by Crippen LogP contribution is -2.06. The zero-order valence-corrected chi connectivity index (χ0v) is 16.9. The minimum atomic E-state index is -0.372. The van der Waals surface area contributed by atoms with Crippen LogP contribution in [0.3, 0.4) is 0 Å². The summed E-state index contributed by atoms with van der Waals surface area (Å²) in [5.74, 6) is 0.376. The van der Waals surface area contributed by atoms with Gasteiger partial charge < -0.3 is 10.1 Å². The maximum atomic E-state index is 14.9. The van der Waals surface area contributed by atoms with Crippen molar-refractivity contribution < 1.29 is 9.13 Å². The van der Waals surface area contributed by atoms with E-state index in [1.54, 1.807) is 25.6 Å². The first-order valence-corrected chi connectivity index (χ1v) is 9.56. The molecule has 0 unspecified atom stereocenters. The first-order chi connectivity index (χ1) is 14.1. The van der Waals surface area contributed by atoms with Crippen LogP contribution in [0.2, 0.25) is 0 Å². The molecule has 29 heavy (non-hydrogen) atoms. The molecular formula is C24H19FN2OS.